The molecule has 4 N–H and O–H groups in total. The highest BCUT2D eigenvalue weighted by molar-refractivity contribution is 5.92. The van der Waals surface area contributed by atoms with Crippen LogP contribution in [0.25, 0.3) is 0 Å². The van der Waals surface area contributed by atoms with E-state index in [2.05, 4.69) is 11.4 Å². The maximum absolute atomic E-state index is 13.7. The molecule has 0 bridgehead atoms. The Morgan fingerprint density at radius 3 is 2.33 bits per heavy atom. The summed E-state index contributed by atoms with van der Waals surface area (Å²) in [5, 5.41) is 13.5. The highest BCUT2D eigenvalue weighted by Crippen LogP contribution is 2.50. The van der Waals surface area contributed by atoms with Crippen LogP contribution in [0.1, 0.15) is 68.7 Å². The standard InChI is InChI=1S/C27H35N3O3/c1-18(19-9-5-4-6-10-19)23(29-25(33)26(2,3)28)24(32)30-15-13-27(14-16-30)17-22(31)20-11-7-8-12-21(20)27/h4-12,18,22-23,31H,13-17,28H2,1-3H3,(H,29,33)/t18-,22?,23+/m0/s1. The first kappa shape index (κ1) is 23.5. The minimum atomic E-state index is -1.08. The number of fused-ring (bicyclic) bond motifs is 2. The van der Waals surface area contributed by atoms with Gasteiger partial charge in [-0.25, -0.2) is 0 Å². The second-order valence-electron chi connectivity index (χ2n) is 10.3. The van der Waals surface area contributed by atoms with Crippen LogP contribution >= 0.6 is 0 Å². The number of rotatable bonds is 5. The Morgan fingerprint density at radius 2 is 1.70 bits per heavy atom. The molecule has 4 rings (SSSR count). The highest BCUT2D eigenvalue weighted by atomic mass is 16.3. The summed E-state index contributed by atoms with van der Waals surface area (Å²) >= 11 is 0. The molecular weight excluding hydrogens is 414 g/mol. The lowest BCUT2D eigenvalue weighted by Gasteiger charge is -2.42. The zero-order valence-corrected chi connectivity index (χ0v) is 19.8. The van der Waals surface area contributed by atoms with Crippen LogP contribution in [-0.2, 0) is 15.0 Å². The van der Waals surface area contributed by atoms with Crippen molar-refractivity contribution in [1.82, 2.24) is 10.2 Å². The molecule has 1 fully saturated rings. The van der Waals surface area contributed by atoms with Gasteiger partial charge < -0.3 is 21.1 Å². The minimum Gasteiger partial charge on any atom is -0.388 e. The molecule has 3 atom stereocenters. The summed E-state index contributed by atoms with van der Waals surface area (Å²) in [5.74, 6) is -0.620. The largest absolute Gasteiger partial charge is 0.388 e. The topological polar surface area (TPSA) is 95.7 Å². The third-order valence-electron chi connectivity index (χ3n) is 7.47. The molecule has 1 aliphatic heterocycles. The van der Waals surface area contributed by atoms with Gasteiger partial charge in [0.25, 0.3) is 0 Å². The van der Waals surface area contributed by atoms with Gasteiger partial charge in [0.2, 0.25) is 11.8 Å². The number of nitrogens with one attached hydrogen (secondary N) is 1. The van der Waals surface area contributed by atoms with Crippen LogP contribution in [0.2, 0.25) is 0 Å². The number of hydrogen-bond acceptors (Lipinski definition) is 4. The maximum atomic E-state index is 13.7. The van der Waals surface area contributed by atoms with Crippen molar-refractivity contribution in [3.63, 3.8) is 0 Å². The average molecular weight is 450 g/mol. The Balaban J connectivity index is 1.53. The van der Waals surface area contributed by atoms with Gasteiger partial charge in [0.1, 0.15) is 6.04 Å². The number of hydrogen-bond donors (Lipinski definition) is 3. The molecule has 2 aliphatic rings. The maximum Gasteiger partial charge on any atom is 0.245 e. The van der Waals surface area contributed by atoms with Crippen LogP contribution in [0, 0.1) is 0 Å². The molecule has 1 unspecified atom stereocenters. The van der Waals surface area contributed by atoms with Gasteiger partial charge in [-0.15, -0.1) is 0 Å². The van der Waals surface area contributed by atoms with Crippen molar-refractivity contribution in [3.05, 3.63) is 71.3 Å². The first-order valence-electron chi connectivity index (χ1n) is 11.8. The first-order valence-corrected chi connectivity index (χ1v) is 11.8. The van der Waals surface area contributed by atoms with Crippen LogP contribution in [0.5, 0.6) is 0 Å². The fraction of sp³-hybridized carbons (Fsp3) is 0.481. The summed E-state index contributed by atoms with van der Waals surface area (Å²) in [4.78, 5) is 28.3. The summed E-state index contributed by atoms with van der Waals surface area (Å²) in [6.45, 7) is 6.45. The number of piperidine rings is 1. The van der Waals surface area contributed by atoms with E-state index >= 15 is 0 Å². The molecule has 2 amide bonds. The summed E-state index contributed by atoms with van der Waals surface area (Å²) in [6.07, 6.45) is 1.86. The minimum absolute atomic E-state index is 0.0781. The van der Waals surface area contributed by atoms with Crippen molar-refractivity contribution in [2.75, 3.05) is 13.1 Å². The van der Waals surface area contributed by atoms with Crippen molar-refractivity contribution in [2.45, 2.75) is 69.1 Å². The lowest BCUT2D eigenvalue weighted by Crippen LogP contribution is -2.59. The van der Waals surface area contributed by atoms with Gasteiger partial charge in [0.15, 0.2) is 0 Å². The molecule has 33 heavy (non-hydrogen) atoms. The van der Waals surface area contributed by atoms with Crippen molar-refractivity contribution in [2.24, 2.45) is 5.73 Å². The third-order valence-corrected chi connectivity index (χ3v) is 7.47. The van der Waals surface area contributed by atoms with E-state index in [1.54, 1.807) is 13.8 Å². The monoisotopic (exact) mass is 449 g/mol. The van der Waals surface area contributed by atoms with E-state index < -0.39 is 17.7 Å². The second-order valence-corrected chi connectivity index (χ2v) is 10.3. The van der Waals surface area contributed by atoms with Gasteiger partial charge in [0.05, 0.1) is 11.6 Å². The van der Waals surface area contributed by atoms with Crippen molar-refractivity contribution >= 4 is 11.8 Å². The van der Waals surface area contributed by atoms with E-state index in [1.807, 2.05) is 60.4 Å². The van der Waals surface area contributed by atoms with Crippen LogP contribution in [0.3, 0.4) is 0 Å². The molecule has 2 aromatic carbocycles. The molecule has 2 aromatic rings. The summed E-state index contributed by atoms with van der Waals surface area (Å²) in [6, 6.07) is 17.2. The molecule has 1 aliphatic carbocycles. The number of benzene rings is 2. The lowest BCUT2D eigenvalue weighted by molar-refractivity contribution is -0.139. The number of nitrogens with two attached hydrogens (primary N) is 1. The predicted molar refractivity (Wildman–Crippen MR) is 129 cm³/mol. The van der Waals surface area contributed by atoms with Crippen molar-refractivity contribution < 1.29 is 14.7 Å². The summed E-state index contributed by atoms with van der Waals surface area (Å²) in [5.41, 5.74) is 8.09. The molecule has 0 radical (unpaired) electrons. The van der Waals surface area contributed by atoms with E-state index in [-0.39, 0.29) is 23.1 Å². The Morgan fingerprint density at radius 1 is 1.09 bits per heavy atom. The van der Waals surface area contributed by atoms with E-state index in [4.69, 9.17) is 5.73 Å². The Labute approximate surface area is 196 Å². The third kappa shape index (κ3) is 4.55. The second kappa shape index (κ2) is 8.92. The number of aliphatic hydroxyl groups excluding tert-OH is 1. The van der Waals surface area contributed by atoms with E-state index in [0.29, 0.717) is 19.5 Å². The number of nitrogens with zero attached hydrogens (tertiary/aromatic N) is 1. The van der Waals surface area contributed by atoms with Crippen molar-refractivity contribution in [3.8, 4) is 0 Å². The summed E-state index contributed by atoms with van der Waals surface area (Å²) in [7, 11) is 0. The van der Waals surface area contributed by atoms with Crippen LogP contribution in [0.15, 0.2) is 54.6 Å². The molecular formula is C27H35N3O3. The fourth-order valence-electron chi connectivity index (χ4n) is 5.36. The number of carbonyl (C=O) groups is 2. The lowest BCUT2D eigenvalue weighted by atomic mass is 9.73. The normalized spacial score (nSPS) is 21.4. The number of amides is 2. The van der Waals surface area contributed by atoms with Crippen molar-refractivity contribution in [1.29, 1.82) is 0 Å². The van der Waals surface area contributed by atoms with E-state index in [9.17, 15) is 14.7 Å². The smallest absolute Gasteiger partial charge is 0.245 e. The SMILES string of the molecule is C[C@@H](c1ccccc1)[C@@H](NC(=O)C(C)(C)N)C(=O)N1CCC2(CC1)CC(O)c1ccccc12. The Bertz CT molecular complexity index is 1010. The zero-order valence-electron chi connectivity index (χ0n) is 19.8. The molecule has 176 valence electrons. The molecule has 1 heterocycles. The van der Waals surface area contributed by atoms with Crippen LogP contribution in [0.4, 0.5) is 0 Å². The van der Waals surface area contributed by atoms with Gasteiger partial charge in [-0.3, -0.25) is 9.59 Å². The summed E-state index contributed by atoms with van der Waals surface area (Å²) < 4.78 is 0. The molecule has 6 nitrogen and oxygen atoms in total. The molecule has 1 spiro atoms. The van der Waals surface area contributed by atoms with Gasteiger partial charge in [-0.2, -0.15) is 0 Å². The molecule has 6 heteroatoms. The number of likely N-dealkylation sites (tertiary alicyclic amines) is 1. The number of carbonyl (C=O) groups excluding carboxylic acids is 2. The average Bonchev–Trinajstić information content (AvgIpc) is 3.08. The quantitative estimate of drug-likeness (QED) is 0.654. The predicted octanol–water partition coefficient (Wildman–Crippen LogP) is 3.01. The fourth-order valence-corrected chi connectivity index (χ4v) is 5.36. The van der Waals surface area contributed by atoms with Gasteiger partial charge >= 0.3 is 0 Å². The van der Waals surface area contributed by atoms with E-state index in [0.717, 1.165) is 24.0 Å². The molecule has 0 aromatic heterocycles. The Kier molecular flexibility index (Phi) is 6.34. The zero-order chi connectivity index (χ0) is 23.8. The van der Waals surface area contributed by atoms with E-state index in [1.165, 1.54) is 5.56 Å². The highest BCUT2D eigenvalue weighted by Gasteiger charge is 2.46. The number of aliphatic hydroxyl groups is 1. The van der Waals surface area contributed by atoms with Gasteiger partial charge in [-0.05, 0) is 49.8 Å². The van der Waals surface area contributed by atoms with Gasteiger partial charge in [-0.1, -0.05) is 61.5 Å². The molecule has 0 saturated carbocycles. The van der Waals surface area contributed by atoms with Crippen LogP contribution < -0.4 is 11.1 Å². The first-order chi connectivity index (χ1) is 15.6. The van der Waals surface area contributed by atoms with Crippen LogP contribution in [-0.4, -0.2) is 46.5 Å². The molecule has 1 saturated heterocycles. The Hall–Kier alpha value is -2.70. The van der Waals surface area contributed by atoms with Gasteiger partial charge in [0, 0.05) is 24.4 Å².